The van der Waals surface area contributed by atoms with Crippen LogP contribution in [0.25, 0.3) is 10.8 Å². The molecule has 0 fully saturated rings. The molecule has 0 bridgehead atoms. The smallest absolute Gasteiger partial charge is 0.360 e. The summed E-state index contributed by atoms with van der Waals surface area (Å²) in [6.07, 6.45) is 2.26. The lowest BCUT2D eigenvalue weighted by Gasteiger charge is -2.37. The van der Waals surface area contributed by atoms with E-state index in [0.29, 0.717) is 25.1 Å². The van der Waals surface area contributed by atoms with Crippen molar-refractivity contribution in [1.82, 2.24) is 19.9 Å². The van der Waals surface area contributed by atoms with Gasteiger partial charge in [-0.25, -0.2) is 9.48 Å². The first-order valence-electron chi connectivity index (χ1n) is 10.5. The van der Waals surface area contributed by atoms with Crippen molar-refractivity contribution in [3.8, 4) is 0 Å². The van der Waals surface area contributed by atoms with Gasteiger partial charge in [0.15, 0.2) is 5.69 Å². The van der Waals surface area contributed by atoms with E-state index in [1.54, 1.807) is 10.9 Å². The third kappa shape index (κ3) is 3.62. The number of carbonyl (C=O) groups is 2. The lowest BCUT2D eigenvalue weighted by atomic mass is 9.92. The fourth-order valence-electron chi connectivity index (χ4n) is 4.36. The Morgan fingerprint density at radius 2 is 1.75 bits per heavy atom. The molecule has 1 aliphatic rings. The van der Waals surface area contributed by atoms with E-state index in [4.69, 9.17) is 4.74 Å². The van der Waals surface area contributed by atoms with Gasteiger partial charge in [-0.2, -0.15) is 0 Å². The average molecular weight is 426 g/mol. The van der Waals surface area contributed by atoms with E-state index in [-0.39, 0.29) is 17.6 Å². The second-order valence-corrected chi connectivity index (χ2v) is 7.90. The Bertz CT molecular complexity index is 1310. The normalized spacial score (nSPS) is 15.4. The van der Waals surface area contributed by atoms with Crippen molar-refractivity contribution in [2.45, 2.75) is 25.6 Å². The maximum absolute atomic E-state index is 13.8. The zero-order valence-electron chi connectivity index (χ0n) is 17.6. The van der Waals surface area contributed by atoms with Crippen LogP contribution in [0.4, 0.5) is 0 Å². The molecule has 0 saturated heterocycles. The van der Waals surface area contributed by atoms with Crippen LogP contribution in [0.1, 0.15) is 32.0 Å². The van der Waals surface area contributed by atoms with Crippen LogP contribution in [0.5, 0.6) is 0 Å². The molecule has 0 N–H and O–H groups in total. The molecule has 7 heteroatoms. The van der Waals surface area contributed by atoms with Crippen LogP contribution in [0, 0.1) is 0 Å². The maximum Gasteiger partial charge on any atom is 0.360 e. The third-order valence-electron chi connectivity index (χ3n) is 5.97. The van der Waals surface area contributed by atoms with Gasteiger partial charge in [-0.1, -0.05) is 65.9 Å². The number of hydrogen-bond donors (Lipinski definition) is 0. The first-order valence-corrected chi connectivity index (χ1v) is 10.5. The summed E-state index contributed by atoms with van der Waals surface area (Å²) < 4.78 is 6.33. The molecule has 0 spiro atoms. The molecule has 0 radical (unpaired) electrons. The van der Waals surface area contributed by atoms with Gasteiger partial charge in [-0.15, -0.1) is 5.10 Å². The van der Waals surface area contributed by atoms with E-state index in [2.05, 4.69) is 22.4 Å². The summed E-state index contributed by atoms with van der Waals surface area (Å²) in [5.74, 6) is -0.552. The van der Waals surface area contributed by atoms with Crippen molar-refractivity contribution >= 4 is 22.6 Å². The second-order valence-electron chi connectivity index (χ2n) is 7.90. The summed E-state index contributed by atoms with van der Waals surface area (Å²) in [6.45, 7) is 0.941. The summed E-state index contributed by atoms with van der Waals surface area (Å²) in [5, 5.41) is 9.95. The van der Waals surface area contributed by atoms with E-state index >= 15 is 0 Å². The molecular weight excluding hydrogens is 404 g/mol. The Balaban J connectivity index is 1.51. The molecule has 0 saturated carbocycles. The van der Waals surface area contributed by atoms with E-state index in [1.807, 2.05) is 59.5 Å². The molecule has 3 aromatic carbocycles. The standard InChI is InChI=1S/C25H22N4O3/c1-32-25(31)23-16-28(27-26-23)15-20-13-18-8-2-3-9-19(18)14-29(20)24(30)22-12-6-10-17-7-4-5-11-21(17)22/h2-12,16,20H,13-15H2,1H3/t20-/m0/s1. The fraction of sp³-hybridized carbons (Fsp3) is 0.200. The molecule has 32 heavy (non-hydrogen) atoms. The van der Waals surface area contributed by atoms with Crippen molar-refractivity contribution in [3.05, 3.63) is 95.3 Å². The number of aromatic nitrogens is 3. The molecule has 160 valence electrons. The van der Waals surface area contributed by atoms with Crippen molar-refractivity contribution in [1.29, 1.82) is 0 Å². The summed E-state index contributed by atoms with van der Waals surface area (Å²) in [7, 11) is 1.31. The number of rotatable bonds is 4. The number of fused-ring (bicyclic) bond motifs is 2. The van der Waals surface area contributed by atoms with Crippen LogP contribution >= 0.6 is 0 Å². The Kier molecular flexibility index (Phi) is 5.15. The molecule has 1 atom stereocenters. The molecule has 1 aromatic heterocycles. The predicted octanol–water partition coefficient (Wildman–Crippen LogP) is 3.49. The molecule has 2 heterocycles. The Morgan fingerprint density at radius 3 is 2.59 bits per heavy atom. The number of nitrogens with zero attached hydrogens (tertiary/aromatic N) is 4. The minimum atomic E-state index is -0.533. The summed E-state index contributed by atoms with van der Waals surface area (Å²) in [5.41, 5.74) is 3.19. The zero-order chi connectivity index (χ0) is 22.1. The zero-order valence-corrected chi connectivity index (χ0v) is 17.6. The summed E-state index contributed by atoms with van der Waals surface area (Å²) >= 11 is 0. The molecule has 5 rings (SSSR count). The lowest BCUT2D eigenvalue weighted by Crippen LogP contribution is -2.46. The Labute approximate surface area is 185 Å². The molecule has 0 aliphatic carbocycles. The van der Waals surface area contributed by atoms with Gasteiger partial charge in [0.1, 0.15) is 0 Å². The number of ether oxygens (including phenoxy) is 1. The molecular formula is C25H22N4O3. The van der Waals surface area contributed by atoms with Gasteiger partial charge in [-0.3, -0.25) is 4.79 Å². The number of carbonyl (C=O) groups excluding carboxylic acids is 2. The highest BCUT2D eigenvalue weighted by Gasteiger charge is 2.31. The summed E-state index contributed by atoms with van der Waals surface area (Å²) in [6, 6.07) is 21.8. The van der Waals surface area contributed by atoms with Crippen LogP contribution in [-0.2, 0) is 24.2 Å². The number of methoxy groups -OCH3 is 1. The van der Waals surface area contributed by atoms with Gasteiger partial charge in [-0.05, 0) is 34.4 Å². The molecule has 7 nitrogen and oxygen atoms in total. The molecule has 1 amide bonds. The highest BCUT2D eigenvalue weighted by Crippen LogP contribution is 2.28. The van der Waals surface area contributed by atoms with E-state index < -0.39 is 5.97 Å². The minimum Gasteiger partial charge on any atom is -0.464 e. The minimum absolute atomic E-state index is 0.0189. The predicted molar refractivity (Wildman–Crippen MR) is 119 cm³/mol. The molecule has 4 aromatic rings. The van der Waals surface area contributed by atoms with Gasteiger partial charge in [0.2, 0.25) is 0 Å². The van der Waals surface area contributed by atoms with Crippen LogP contribution in [-0.4, -0.2) is 44.9 Å². The molecule has 1 aliphatic heterocycles. The number of esters is 1. The first-order chi connectivity index (χ1) is 15.6. The number of hydrogen-bond acceptors (Lipinski definition) is 5. The third-order valence-corrected chi connectivity index (χ3v) is 5.97. The first kappa shape index (κ1) is 19.9. The number of benzene rings is 3. The van der Waals surface area contributed by atoms with Gasteiger partial charge >= 0.3 is 5.97 Å². The van der Waals surface area contributed by atoms with Gasteiger partial charge in [0.05, 0.1) is 25.9 Å². The molecule has 0 unspecified atom stereocenters. The topological polar surface area (TPSA) is 77.3 Å². The van der Waals surface area contributed by atoms with Crippen LogP contribution in [0.2, 0.25) is 0 Å². The van der Waals surface area contributed by atoms with Crippen molar-refractivity contribution in [3.63, 3.8) is 0 Å². The Morgan fingerprint density at radius 1 is 1.00 bits per heavy atom. The van der Waals surface area contributed by atoms with Crippen LogP contribution < -0.4 is 0 Å². The van der Waals surface area contributed by atoms with Crippen LogP contribution in [0.3, 0.4) is 0 Å². The second kappa shape index (κ2) is 8.26. The Hall–Kier alpha value is -4.00. The average Bonchev–Trinajstić information content (AvgIpc) is 3.31. The quantitative estimate of drug-likeness (QED) is 0.467. The maximum atomic E-state index is 13.8. The fourth-order valence-corrected chi connectivity index (χ4v) is 4.36. The van der Waals surface area contributed by atoms with Crippen molar-refractivity contribution < 1.29 is 14.3 Å². The van der Waals surface area contributed by atoms with Crippen molar-refractivity contribution in [2.75, 3.05) is 7.11 Å². The van der Waals surface area contributed by atoms with Crippen molar-refractivity contribution in [2.24, 2.45) is 0 Å². The monoisotopic (exact) mass is 426 g/mol. The van der Waals surface area contributed by atoms with Crippen LogP contribution in [0.15, 0.2) is 72.9 Å². The highest BCUT2D eigenvalue weighted by molar-refractivity contribution is 6.07. The largest absolute Gasteiger partial charge is 0.464 e. The SMILES string of the molecule is COC(=O)c1cn(C[C@@H]2Cc3ccccc3CN2C(=O)c2cccc3ccccc23)nn1. The lowest BCUT2D eigenvalue weighted by molar-refractivity contribution is 0.0589. The van der Waals surface area contributed by atoms with Gasteiger partial charge in [0.25, 0.3) is 5.91 Å². The van der Waals surface area contributed by atoms with Gasteiger partial charge in [0, 0.05) is 12.1 Å². The van der Waals surface area contributed by atoms with E-state index in [9.17, 15) is 9.59 Å². The highest BCUT2D eigenvalue weighted by atomic mass is 16.5. The van der Waals surface area contributed by atoms with Gasteiger partial charge < -0.3 is 9.64 Å². The van der Waals surface area contributed by atoms with E-state index in [1.165, 1.54) is 12.7 Å². The number of amides is 1. The summed E-state index contributed by atoms with van der Waals surface area (Å²) in [4.78, 5) is 27.5. The van der Waals surface area contributed by atoms with E-state index in [0.717, 1.165) is 16.3 Å².